The molecule has 9 aromatic carbocycles. The van der Waals surface area contributed by atoms with Gasteiger partial charge in [0.05, 0.1) is 28.1 Å². The van der Waals surface area contributed by atoms with Gasteiger partial charge in [0.1, 0.15) is 17.3 Å². The molecule has 3 aromatic heterocycles. The molecule has 6 heteroatoms. The first-order valence-corrected chi connectivity index (χ1v) is 30.9. The third kappa shape index (κ3) is 11.1. The third-order valence-corrected chi connectivity index (χ3v) is 18.1. The van der Waals surface area contributed by atoms with Gasteiger partial charge >= 0.3 is 0 Å². The van der Waals surface area contributed by atoms with Gasteiger partial charge in [-0.25, -0.2) is 4.98 Å². The SMILES string of the molecule is CC(C)(C)c1ccc(-c2cccc(-c3ccc(C(C)(C)C)cc3)c2Nc2ccccc2Nc2cc(Oc3ccc4c5c6sc7ccccc7c6ccc5n(-c5cc(C(C)(C)C)ccn5)c4c3)cc(-c3c(C(C)(C)C)cccc3C(C)(C)C)c2)cc1. The second-order valence-corrected chi connectivity index (χ2v) is 29.4. The van der Waals surface area contributed by atoms with Crippen LogP contribution in [0.1, 0.15) is 132 Å². The molecule has 3 heterocycles. The van der Waals surface area contributed by atoms with Crippen molar-refractivity contribution >= 4 is 76.1 Å². The fourth-order valence-electron chi connectivity index (χ4n) is 12.2. The number of benzene rings is 9. The fraction of sp³-hybridized carbons (Fsp3) is 0.253. The number of hydrogen-bond donors (Lipinski definition) is 2. The average molecular weight is 1130 g/mol. The summed E-state index contributed by atoms with van der Waals surface area (Å²) >= 11 is 1.86. The summed E-state index contributed by atoms with van der Waals surface area (Å²) in [7, 11) is 0. The number of thiophene rings is 1. The molecule has 428 valence electrons. The summed E-state index contributed by atoms with van der Waals surface area (Å²) in [5.74, 6) is 2.34. The molecule has 0 aliphatic carbocycles. The highest BCUT2D eigenvalue weighted by Gasteiger charge is 2.28. The van der Waals surface area contributed by atoms with Crippen LogP contribution in [-0.4, -0.2) is 9.55 Å². The lowest BCUT2D eigenvalue weighted by Crippen LogP contribution is -2.19. The highest BCUT2D eigenvalue weighted by atomic mass is 32.1. The Labute approximate surface area is 507 Å². The summed E-state index contributed by atoms with van der Waals surface area (Å²) in [5.41, 5.74) is 18.9. The van der Waals surface area contributed by atoms with Crippen LogP contribution >= 0.6 is 11.3 Å². The Morgan fingerprint density at radius 2 is 0.976 bits per heavy atom. The summed E-state index contributed by atoms with van der Waals surface area (Å²) in [6.07, 6.45) is 1.95. The molecule has 12 aromatic rings. The third-order valence-electron chi connectivity index (χ3n) is 16.9. The molecule has 0 unspecified atom stereocenters. The van der Waals surface area contributed by atoms with E-state index in [9.17, 15) is 0 Å². The summed E-state index contributed by atoms with van der Waals surface area (Å²) in [4.78, 5) is 5.09. The molecule has 0 fully saturated rings. The van der Waals surface area contributed by atoms with E-state index in [2.05, 4.69) is 313 Å². The number of nitrogens with zero attached hydrogens (tertiary/aromatic N) is 2. The van der Waals surface area contributed by atoms with Gasteiger partial charge in [-0.05, 0) is 138 Å². The number of ether oxygens (including phenoxy) is 1. The number of hydrogen-bond acceptors (Lipinski definition) is 5. The van der Waals surface area contributed by atoms with E-state index in [1.165, 1.54) is 58.9 Å². The van der Waals surface area contributed by atoms with Gasteiger partial charge in [0.15, 0.2) is 0 Å². The molecule has 0 saturated carbocycles. The normalized spacial score (nSPS) is 12.6. The van der Waals surface area contributed by atoms with Gasteiger partial charge in [-0.1, -0.05) is 225 Å². The van der Waals surface area contributed by atoms with Crippen LogP contribution in [0.2, 0.25) is 0 Å². The molecule has 0 saturated heterocycles. The fourth-order valence-corrected chi connectivity index (χ4v) is 13.4. The standard InChI is InChI=1S/C79H80N4OS/c1-75(2,3)52-34-30-49(31-35-52)58-23-20-24-59(50-32-36-53(37-33-50)76(4,5)6)73(58)82-66-28-18-17-27-65(66)81-55-44-51(71-63(78(10,11)12)25-21-26-64(71)79(13,14)15)45-57(47-55)84-56-38-39-62-68(48-56)83(70-46-54(42-43-80-70)77(7,8)9)67-41-40-61-60-22-16-19-29-69(60)85-74(61)72(62)67/h16-48,81-82H,1-15H3. The number of anilines is 4. The predicted octanol–water partition coefficient (Wildman–Crippen LogP) is 23.3. The van der Waals surface area contributed by atoms with Crippen LogP contribution in [-0.2, 0) is 27.1 Å². The van der Waals surface area contributed by atoms with Gasteiger partial charge < -0.3 is 15.4 Å². The molecule has 85 heavy (non-hydrogen) atoms. The Morgan fingerprint density at radius 3 is 1.58 bits per heavy atom. The highest BCUT2D eigenvalue weighted by Crippen LogP contribution is 2.48. The van der Waals surface area contributed by atoms with E-state index < -0.39 is 0 Å². The lowest BCUT2D eigenvalue weighted by atomic mass is 9.74. The largest absolute Gasteiger partial charge is 0.457 e. The van der Waals surface area contributed by atoms with E-state index in [0.29, 0.717) is 0 Å². The quantitative estimate of drug-likeness (QED) is 0.143. The Hall–Kier alpha value is -8.45. The van der Waals surface area contributed by atoms with Crippen LogP contribution in [0.25, 0.3) is 81.2 Å². The van der Waals surface area contributed by atoms with Crippen LogP contribution in [0, 0.1) is 0 Å². The van der Waals surface area contributed by atoms with E-state index in [0.717, 1.165) is 84.3 Å². The maximum absolute atomic E-state index is 7.31. The van der Waals surface area contributed by atoms with Crippen molar-refractivity contribution in [3.05, 3.63) is 228 Å². The molecule has 0 radical (unpaired) electrons. The van der Waals surface area contributed by atoms with Crippen LogP contribution in [0.5, 0.6) is 11.5 Å². The minimum absolute atomic E-state index is 0.0333. The Kier molecular flexibility index (Phi) is 14.3. The number of fused-ring (bicyclic) bond motifs is 7. The molecule has 0 spiro atoms. The Balaban J connectivity index is 1.02. The van der Waals surface area contributed by atoms with Crippen LogP contribution in [0.4, 0.5) is 22.7 Å². The van der Waals surface area contributed by atoms with Gasteiger partial charge in [-0.2, -0.15) is 0 Å². The van der Waals surface area contributed by atoms with Gasteiger partial charge in [0.2, 0.25) is 0 Å². The van der Waals surface area contributed by atoms with E-state index in [1.54, 1.807) is 0 Å². The van der Waals surface area contributed by atoms with E-state index in [1.807, 2.05) is 17.5 Å². The van der Waals surface area contributed by atoms with Crippen molar-refractivity contribution < 1.29 is 4.74 Å². The number of para-hydroxylation sites is 3. The number of rotatable bonds is 10. The van der Waals surface area contributed by atoms with Crippen molar-refractivity contribution in [1.82, 2.24) is 9.55 Å². The van der Waals surface area contributed by atoms with Crippen LogP contribution in [0.15, 0.2) is 200 Å². The number of pyridine rings is 1. The van der Waals surface area contributed by atoms with Crippen molar-refractivity contribution in [3.63, 3.8) is 0 Å². The zero-order chi connectivity index (χ0) is 60.0. The molecule has 0 atom stereocenters. The van der Waals surface area contributed by atoms with E-state index in [4.69, 9.17) is 9.72 Å². The molecule has 2 N–H and O–H groups in total. The molecule has 5 nitrogen and oxygen atoms in total. The smallest absolute Gasteiger partial charge is 0.137 e. The molecule has 0 bridgehead atoms. The minimum Gasteiger partial charge on any atom is -0.457 e. The van der Waals surface area contributed by atoms with Crippen molar-refractivity contribution in [2.45, 2.75) is 131 Å². The van der Waals surface area contributed by atoms with Crippen LogP contribution in [0.3, 0.4) is 0 Å². The van der Waals surface area contributed by atoms with E-state index >= 15 is 0 Å². The maximum atomic E-state index is 7.31. The van der Waals surface area contributed by atoms with Gasteiger partial charge in [0, 0.05) is 66.1 Å². The lowest BCUT2D eigenvalue weighted by Gasteiger charge is -2.30. The van der Waals surface area contributed by atoms with Crippen molar-refractivity contribution in [1.29, 1.82) is 0 Å². The van der Waals surface area contributed by atoms with Gasteiger partial charge in [-0.3, -0.25) is 4.57 Å². The summed E-state index contributed by atoms with van der Waals surface area (Å²) in [6, 6.07) is 71.3. The first-order valence-electron chi connectivity index (χ1n) is 30.1. The molecular formula is C79H80N4OS. The van der Waals surface area contributed by atoms with Crippen molar-refractivity contribution in [2.75, 3.05) is 10.6 Å². The van der Waals surface area contributed by atoms with E-state index in [-0.39, 0.29) is 27.1 Å². The zero-order valence-electron chi connectivity index (χ0n) is 52.3. The monoisotopic (exact) mass is 1130 g/mol. The lowest BCUT2D eigenvalue weighted by molar-refractivity contribution is 0.483. The molecule has 12 rings (SSSR count). The molecule has 0 aliphatic heterocycles. The molecule has 0 aliphatic rings. The minimum atomic E-state index is -0.153. The Bertz CT molecular complexity index is 4390. The number of aromatic nitrogens is 2. The summed E-state index contributed by atoms with van der Waals surface area (Å²) in [5, 5.41) is 13.0. The molecular weight excluding hydrogens is 1050 g/mol. The highest BCUT2D eigenvalue weighted by molar-refractivity contribution is 7.26. The second kappa shape index (κ2) is 21.3. The predicted molar refractivity (Wildman–Crippen MR) is 367 cm³/mol. The molecule has 0 amide bonds. The topological polar surface area (TPSA) is 51.1 Å². The first kappa shape index (κ1) is 57.0. The summed E-state index contributed by atoms with van der Waals surface area (Å²) < 4.78 is 12.2. The van der Waals surface area contributed by atoms with Gasteiger partial charge in [-0.15, -0.1) is 11.3 Å². The van der Waals surface area contributed by atoms with Crippen molar-refractivity contribution in [2.24, 2.45) is 0 Å². The Morgan fingerprint density at radius 1 is 0.412 bits per heavy atom. The second-order valence-electron chi connectivity index (χ2n) is 28.4. The summed E-state index contributed by atoms with van der Waals surface area (Å²) in [6.45, 7) is 34.3. The van der Waals surface area contributed by atoms with Gasteiger partial charge in [0.25, 0.3) is 0 Å². The first-order chi connectivity index (χ1) is 40.3. The number of nitrogens with one attached hydrogen (secondary N) is 2. The maximum Gasteiger partial charge on any atom is 0.137 e. The van der Waals surface area contributed by atoms with Crippen molar-refractivity contribution in [3.8, 4) is 50.7 Å². The van der Waals surface area contributed by atoms with Crippen LogP contribution < -0.4 is 15.4 Å². The zero-order valence-corrected chi connectivity index (χ0v) is 53.1. The average Bonchev–Trinajstić information content (AvgIpc) is 2.36.